The zero-order valence-electron chi connectivity index (χ0n) is 15.4. The summed E-state index contributed by atoms with van der Waals surface area (Å²) in [6.45, 7) is 9.48. The van der Waals surface area contributed by atoms with Gasteiger partial charge in [-0.1, -0.05) is 80.6 Å². The minimum atomic E-state index is -0.246. The molecule has 0 unspecified atom stereocenters. The van der Waals surface area contributed by atoms with Gasteiger partial charge in [0.2, 0.25) is 0 Å². The molecule has 3 aromatic rings. The van der Waals surface area contributed by atoms with Gasteiger partial charge in [-0.2, -0.15) is 0 Å². The number of hydrogen-bond acceptors (Lipinski definition) is 2. The molecule has 0 saturated heterocycles. The van der Waals surface area contributed by atoms with Crippen molar-refractivity contribution in [2.24, 2.45) is 0 Å². The van der Waals surface area contributed by atoms with Crippen LogP contribution in [0.25, 0.3) is 0 Å². The number of benzene rings is 3. The Morgan fingerprint density at radius 1 is 0.731 bits per heavy atom. The fourth-order valence-electron chi connectivity index (χ4n) is 2.75. The lowest BCUT2D eigenvalue weighted by Gasteiger charge is -2.23. The molecule has 2 nitrogen and oxygen atoms in total. The summed E-state index contributed by atoms with van der Waals surface area (Å²) in [4.78, 5) is 0. The van der Waals surface area contributed by atoms with E-state index in [-0.39, 0.29) is 5.41 Å². The maximum absolute atomic E-state index is 6.12. The van der Waals surface area contributed by atoms with Gasteiger partial charge in [-0.15, -0.1) is 0 Å². The molecule has 0 spiro atoms. The lowest BCUT2D eigenvalue weighted by atomic mass is 9.86. The van der Waals surface area contributed by atoms with E-state index in [1.807, 2.05) is 54.6 Å². The van der Waals surface area contributed by atoms with E-state index in [0.717, 1.165) is 28.2 Å². The van der Waals surface area contributed by atoms with Crippen molar-refractivity contribution in [3.05, 3.63) is 102 Å². The van der Waals surface area contributed by atoms with Gasteiger partial charge in [0.25, 0.3) is 0 Å². The van der Waals surface area contributed by atoms with Crippen LogP contribution in [-0.4, -0.2) is 0 Å². The van der Waals surface area contributed by atoms with Gasteiger partial charge in [-0.05, 0) is 29.5 Å². The molecule has 0 fully saturated rings. The highest BCUT2D eigenvalue weighted by Gasteiger charge is 2.20. The molecule has 26 heavy (non-hydrogen) atoms. The first kappa shape index (κ1) is 18.1. The van der Waals surface area contributed by atoms with Crippen molar-refractivity contribution >= 4 is 0 Å². The van der Waals surface area contributed by atoms with Crippen molar-refractivity contribution in [1.29, 1.82) is 0 Å². The lowest BCUT2D eigenvalue weighted by molar-refractivity contribution is 0.285. The van der Waals surface area contributed by atoms with Gasteiger partial charge in [0.1, 0.15) is 24.7 Å². The van der Waals surface area contributed by atoms with Crippen LogP contribution < -0.4 is 9.47 Å². The predicted octanol–water partition coefficient (Wildman–Crippen LogP) is 5.96. The molecular weight excluding hydrogens is 320 g/mol. The summed E-state index contributed by atoms with van der Waals surface area (Å²) in [5.41, 5.74) is 3.10. The van der Waals surface area contributed by atoms with Gasteiger partial charge in [0, 0.05) is 11.6 Å². The minimum Gasteiger partial charge on any atom is -0.489 e. The predicted molar refractivity (Wildman–Crippen MR) is 106 cm³/mol. The third-order valence-electron chi connectivity index (χ3n) is 4.17. The number of rotatable bonds is 7. The molecule has 0 atom stereocenters. The molecule has 0 aromatic heterocycles. The van der Waals surface area contributed by atoms with E-state index < -0.39 is 0 Å². The Bertz CT molecular complexity index is 818. The van der Waals surface area contributed by atoms with E-state index in [0.29, 0.717) is 13.2 Å². The van der Waals surface area contributed by atoms with E-state index in [9.17, 15) is 0 Å². The van der Waals surface area contributed by atoms with Crippen molar-refractivity contribution in [1.82, 2.24) is 0 Å². The maximum Gasteiger partial charge on any atom is 0.127 e. The molecule has 3 aromatic carbocycles. The Hall–Kier alpha value is -2.74. The van der Waals surface area contributed by atoms with E-state index in [2.05, 4.69) is 45.0 Å². The number of ether oxygens (including phenoxy) is 2. The highest BCUT2D eigenvalue weighted by atomic mass is 16.5. The van der Waals surface area contributed by atoms with Crippen molar-refractivity contribution in [2.45, 2.75) is 32.5 Å². The largest absolute Gasteiger partial charge is 0.489 e. The van der Waals surface area contributed by atoms with Crippen LogP contribution in [0.3, 0.4) is 0 Å². The van der Waals surface area contributed by atoms with Crippen LogP contribution in [0.1, 0.15) is 30.5 Å². The molecule has 2 heteroatoms. The van der Waals surface area contributed by atoms with Crippen LogP contribution in [0.2, 0.25) is 0 Å². The van der Waals surface area contributed by atoms with E-state index in [1.165, 1.54) is 0 Å². The topological polar surface area (TPSA) is 18.5 Å². The van der Waals surface area contributed by atoms with Crippen LogP contribution in [0.5, 0.6) is 11.5 Å². The first-order valence-electron chi connectivity index (χ1n) is 8.86. The molecule has 0 saturated carbocycles. The van der Waals surface area contributed by atoms with Gasteiger partial charge >= 0.3 is 0 Å². The second-order valence-corrected chi connectivity index (χ2v) is 7.09. The van der Waals surface area contributed by atoms with Crippen LogP contribution in [0.15, 0.2) is 78.9 Å². The second-order valence-electron chi connectivity index (χ2n) is 7.09. The van der Waals surface area contributed by atoms with Crippen molar-refractivity contribution in [2.75, 3.05) is 0 Å². The average Bonchev–Trinajstić information content (AvgIpc) is 2.65. The second kappa shape index (κ2) is 8.09. The van der Waals surface area contributed by atoms with Gasteiger partial charge in [-0.3, -0.25) is 0 Å². The quantitative estimate of drug-likeness (QED) is 0.526. The van der Waals surface area contributed by atoms with Crippen LogP contribution in [-0.2, 0) is 18.6 Å². The number of hydrogen-bond donors (Lipinski definition) is 0. The average molecular weight is 345 g/mol. The molecule has 0 aliphatic carbocycles. The van der Waals surface area contributed by atoms with Crippen LogP contribution in [0, 0.1) is 6.92 Å². The maximum atomic E-state index is 6.12. The Balaban J connectivity index is 1.77. The zero-order chi connectivity index (χ0) is 18.4. The highest BCUT2D eigenvalue weighted by Crippen LogP contribution is 2.34. The van der Waals surface area contributed by atoms with Gasteiger partial charge in [0.15, 0.2) is 0 Å². The summed E-state index contributed by atoms with van der Waals surface area (Å²) in [6, 6.07) is 26.3. The fourth-order valence-corrected chi connectivity index (χ4v) is 2.75. The molecule has 0 aliphatic rings. The highest BCUT2D eigenvalue weighted by molar-refractivity contribution is 5.45. The third kappa shape index (κ3) is 4.89. The van der Waals surface area contributed by atoms with Gasteiger partial charge < -0.3 is 9.47 Å². The van der Waals surface area contributed by atoms with E-state index >= 15 is 0 Å². The molecule has 3 rings (SSSR count). The van der Waals surface area contributed by atoms with Crippen molar-refractivity contribution in [3.63, 3.8) is 0 Å². The molecule has 0 amide bonds. The van der Waals surface area contributed by atoms with Crippen molar-refractivity contribution in [3.8, 4) is 11.5 Å². The fraction of sp³-hybridized carbons (Fsp3) is 0.208. The molecule has 133 valence electrons. The van der Waals surface area contributed by atoms with Crippen LogP contribution in [0.4, 0.5) is 0 Å². The molecule has 0 N–H and O–H groups in total. The SMILES string of the molecule is [CH2]C(C)(C)c1ccc(OCc2ccccc2)cc1OCc1ccccc1. The Labute approximate surface area is 156 Å². The summed E-state index contributed by atoms with van der Waals surface area (Å²) < 4.78 is 12.1. The Kier molecular flexibility index (Phi) is 5.62. The van der Waals surface area contributed by atoms with Gasteiger partial charge in [-0.25, -0.2) is 0 Å². The summed E-state index contributed by atoms with van der Waals surface area (Å²) in [6.07, 6.45) is 0. The minimum absolute atomic E-state index is 0.246. The molecular formula is C24H25O2. The van der Waals surface area contributed by atoms with Gasteiger partial charge in [0.05, 0.1) is 0 Å². The summed E-state index contributed by atoms with van der Waals surface area (Å²) in [5.74, 6) is 1.62. The smallest absolute Gasteiger partial charge is 0.127 e. The summed E-state index contributed by atoms with van der Waals surface area (Å²) in [7, 11) is 0. The lowest BCUT2D eigenvalue weighted by Crippen LogP contribution is -2.14. The summed E-state index contributed by atoms with van der Waals surface area (Å²) in [5, 5.41) is 0. The van der Waals surface area contributed by atoms with E-state index in [4.69, 9.17) is 9.47 Å². The molecule has 1 radical (unpaired) electrons. The Morgan fingerprint density at radius 3 is 1.81 bits per heavy atom. The standard InChI is InChI=1S/C24H25O2/c1-24(2,3)22-15-14-21(25-17-19-10-6-4-7-11-19)16-23(22)26-18-20-12-8-5-9-13-20/h4-16H,1,17-18H2,2-3H3. The first-order valence-corrected chi connectivity index (χ1v) is 8.86. The third-order valence-corrected chi connectivity index (χ3v) is 4.17. The monoisotopic (exact) mass is 345 g/mol. The first-order chi connectivity index (χ1) is 12.5. The van der Waals surface area contributed by atoms with Crippen LogP contribution >= 0.6 is 0 Å². The molecule has 0 bridgehead atoms. The normalized spacial score (nSPS) is 11.2. The molecule has 0 aliphatic heterocycles. The Morgan fingerprint density at radius 2 is 1.27 bits per heavy atom. The summed E-state index contributed by atoms with van der Waals surface area (Å²) >= 11 is 0. The van der Waals surface area contributed by atoms with E-state index in [1.54, 1.807) is 0 Å². The van der Waals surface area contributed by atoms with Crippen molar-refractivity contribution < 1.29 is 9.47 Å². The molecule has 0 heterocycles. The zero-order valence-corrected chi connectivity index (χ0v) is 15.4.